The number of piperazine rings is 1. The quantitative estimate of drug-likeness (QED) is 0.736. The first-order chi connectivity index (χ1) is 13.8. The fraction of sp³-hybridized carbons (Fsp3) is 0.600. The molecule has 0 aromatic heterocycles. The van der Waals surface area contributed by atoms with Gasteiger partial charge in [0, 0.05) is 39.3 Å². The number of nitrogens with zero attached hydrogens (tertiary/aromatic N) is 3. The van der Waals surface area contributed by atoms with E-state index in [4.69, 9.17) is 4.74 Å². The molecule has 1 aromatic carbocycles. The Morgan fingerprint density at radius 3 is 2.28 bits per heavy atom. The maximum absolute atomic E-state index is 13.0. The molecule has 2 amide bonds. The fourth-order valence-electron chi connectivity index (χ4n) is 3.80. The van der Waals surface area contributed by atoms with Gasteiger partial charge in [-0.25, -0.2) is 13.2 Å². The summed E-state index contributed by atoms with van der Waals surface area (Å²) >= 11 is 0. The summed E-state index contributed by atoms with van der Waals surface area (Å²) in [6.07, 6.45) is 0.980. The van der Waals surface area contributed by atoms with E-state index in [1.54, 1.807) is 41.0 Å². The lowest BCUT2D eigenvalue weighted by Gasteiger charge is -2.38. The number of hydrogen-bond donors (Lipinski definition) is 0. The number of carbonyl (C=O) groups is 2. The highest BCUT2D eigenvalue weighted by atomic mass is 32.2. The van der Waals surface area contributed by atoms with Crippen molar-refractivity contribution < 1.29 is 22.7 Å². The third-order valence-corrected chi connectivity index (χ3v) is 7.39. The summed E-state index contributed by atoms with van der Waals surface area (Å²) in [7, 11) is -3.61. The van der Waals surface area contributed by atoms with Crippen molar-refractivity contribution in [3.05, 3.63) is 29.8 Å². The van der Waals surface area contributed by atoms with Crippen molar-refractivity contribution in [3.63, 3.8) is 0 Å². The maximum Gasteiger partial charge on any atom is 0.409 e. The minimum Gasteiger partial charge on any atom is -0.450 e. The Kier molecular flexibility index (Phi) is 6.79. The molecule has 160 valence electrons. The van der Waals surface area contributed by atoms with E-state index in [1.807, 2.05) is 6.92 Å². The van der Waals surface area contributed by atoms with Crippen LogP contribution in [-0.4, -0.2) is 80.4 Å². The zero-order valence-corrected chi connectivity index (χ0v) is 17.9. The van der Waals surface area contributed by atoms with E-state index < -0.39 is 10.0 Å². The van der Waals surface area contributed by atoms with E-state index in [-0.39, 0.29) is 29.4 Å². The Morgan fingerprint density at radius 2 is 1.66 bits per heavy atom. The predicted molar refractivity (Wildman–Crippen MR) is 108 cm³/mol. The fourth-order valence-corrected chi connectivity index (χ4v) is 5.33. The van der Waals surface area contributed by atoms with Crippen LogP contribution >= 0.6 is 0 Å². The van der Waals surface area contributed by atoms with Crippen molar-refractivity contribution in [3.8, 4) is 0 Å². The van der Waals surface area contributed by atoms with E-state index in [1.165, 1.54) is 4.31 Å². The van der Waals surface area contributed by atoms with E-state index in [2.05, 4.69) is 0 Å². The van der Waals surface area contributed by atoms with Gasteiger partial charge in [-0.15, -0.1) is 0 Å². The lowest BCUT2D eigenvalue weighted by atomic mass is 9.98. The van der Waals surface area contributed by atoms with Gasteiger partial charge in [0.2, 0.25) is 15.9 Å². The van der Waals surface area contributed by atoms with Crippen LogP contribution in [0.1, 0.15) is 25.3 Å². The van der Waals surface area contributed by atoms with Gasteiger partial charge in [-0.3, -0.25) is 4.79 Å². The number of sulfonamides is 1. The molecule has 0 saturated carbocycles. The second kappa shape index (κ2) is 9.13. The van der Waals surface area contributed by atoms with Crippen molar-refractivity contribution >= 4 is 22.0 Å². The molecule has 2 heterocycles. The molecule has 0 aliphatic carbocycles. The second-order valence-electron chi connectivity index (χ2n) is 7.53. The SMILES string of the molecule is CCOC(=O)N1CCN(C(=O)[C@@H]2CCCN(S(=O)(=O)c3ccc(C)cc3)C2)CC1. The van der Waals surface area contributed by atoms with Crippen molar-refractivity contribution in [1.29, 1.82) is 0 Å². The summed E-state index contributed by atoms with van der Waals surface area (Å²) in [5.74, 6) is -0.379. The Hall–Kier alpha value is -2.13. The van der Waals surface area contributed by atoms with Crippen molar-refractivity contribution in [2.24, 2.45) is 5.92 Å². The van der Waals surface area contributed by atoms with Crippen LogP contribution in [0.25, 0.3) is 0 Å². The Morgan fingerprint density at radius 1 is 1.03 bits per heavy atom. The van der Waals surface area contributed by atoms with Crippen LogP contribution in [0.4, 0.5) is 4.79 Å². The van der Waals surface area contributed by atoms with Crippen molar-refractivity contribution in [2.45, 2.75) is 31.6 Å². The zero-order valence-electron chi connectivity index (χ0n) is 17.0. The summed E-state index contributed by atoms with van der Waals surface area (Å²) < 4.78 is 32.4. The molecule has 3 rings (SSSR count). The number of benzene rings is 1. The molecular weight excluding hydrogens is 394 g/mol. The van der Waals surface area contributed by atoms with Gasteiger partial charge in [-0.05, 0) is 38.8 Å². The number of hydrogen-bond acceptors (Lipinski definition) is 5. The molecule has 2 saturated heterocycles. The van der Waals surface area contributed by atoms with E-state index in [0.717, 1.165) is 5.56 Å². The van der Waals surface area contributed by atoms with Gasteiger partial charge in [0.25, 0.3) is 0 Å². The molecule has 0 bridgehead atoms. The highest BCUT2D eigenvalue weighted by molar-refractivity contribution is 7.89. The highest BCUT2D eigenvalue weighted by Crippen LogP contribution is 2.25. The minimum atomic E-state index is -3.61. The molecular formula is C20H29N3O5S. The minimum absolute atomic E-state index is 0.0303. The van der Waals surface area contributed by atoms with Crippen LogP contribution < -0.4 is 0 Å². The number of piperidine rings is 1. The van der Waals surface area contributed by atoms with Crippen molar-refractivity contribution in [1.82, 2.24) is 14.1 Å². The van der Waals surface area contributed by atoms with Gasteiger partial charge < -0.3 is 14.5 Å². The molecule has 2 fully saturated rings. The average Bonchev–Trinajstić information content (AvgIpc) is 2.74. The van der Waals surface area contributed by atoms with E-state index in [9.17, 15) is 18.0 Å². The standard InChI is InChI=1S/C20H29N3O5S/c1-3-28-20(25)22-13-11-21(12-14-22)19(24)17-5-4-10-23(15-17)29(26,27)18-8-6-16(2)7-9-18/h6-9,17H,3-5,10-15H2,1-2H3/t17-/m1/s1. The Bertz CT molecular complexity index is 832. The highest BCUT2D eigenvalue weighted by Gasteiger charge is 2.36. The molecule has 8 nitrogen and oxygen atoms in total. The van der Waals surface area contributed by atoms with Gasteiger partial charge in [-0.2, -0.15) is 4.31 Å². The maximum atomic E-state index is 13.0. The van der Waals surface area contributed by atoms with Crippen LogP contribution in [0.2, 0.25) is 0 Å². The monoisotopic (exact) mass is 423 g/mol. The molecule has 0 unspecified atom stereocenters. The summed E-state index contributed by atoms with van der Waals surface area (Å²) in [6.45, 7) is 6.38. The number of aryl methyl sites for hydroxylation is 1. The first-order valence-electron chi connectivity index (χ1n) is 10.1. The van der Waals surface area contributed by atoms with Crippen LogP contribution in [0, 0.1) is 12.8 Å². The summed E-state index contributed by atoms with van der Waals surface area (Å²) in [4.78, 5) is 28.4. The van der Waals surface area contributed by atoms with E-state index >= 15 is 0 Å². The van der Waals surface area contributed by atoms with Gasteiger partial charge in [0.05, 0.1) is 17.4 Å². The van der Waals surface area contributed by atoms with Crippen molar-refractivity contribution in [2.75, 3.05) is 45.9 Å². The normalized spacial score (nSPS) is 21.1. The van der Waals surface area contributed by atoms with Crippen LogP contribution in [0.5, 0.6) is 0 Å². The third-order valence-electron chi connectivity index (χ3n) is 5.51. The smallest absolute Gasteiger partial charge is 0.409 e. The lowest BCUT2D eigenvalue weighted by Crippen LogP contribution is -2.54. The average molecular weight is 424 g/mol. The Labute approximate surface area is 172 Å². The summed E-state index contributed by atoms with van der Waals surface area (Å²) in [5.41, 5.74) is 0.998. The molecule has 0 radical (unpaired) electrons. The van der Waals surface area contributed by atoms with Crippen LogP contribution in [0.15, 0.2) is 29.2 Å². The van der Waals surface area contributed by atoms with Crippen LogP contribution in [0.3, 0.4) is 0 Å². The number of ether oxygens (including phenoxy) is 1. The first kappa shape index (κ1) is 21.6. The van der Waals surface area contributed by atoms with Gasteiger partial charge in [-0.1, -0.05) is 17.7 Å². The molecule has 0 N–H and O–H groups in total. The lowest BCUT2D eigenvalue weighted by molar-refractivity contribution is -0.138. The molecule has 1 atom stereocenters. The molecule has 29 heavy (non-hydrogen) atoms. The Balaban J connectivity index is 1.61. The van der Waals surface area contributed by atoms with Gasteiger partial charge >= 0.3 is 6.09 Å². The van der Waals surface area contributed by atoms with E-state index in [0.29, 0.717) is 52.2 Å². The third kappa shape index (κ3) is 4.90. The topological polar surface area (TPSA) is 87.2 Å². The second-order valence-corrected chi connectivity index (χ2v) is 9.46. The predicted octanol–water partition coefficient (Wildman–Crippen LogP) is 1.70. The molecule has 9 heteroatoms. The number of amides is 2. The van der Waals surface area contributed by atoms with Gasteiger partial charge in [0.15, 0.2) is 0 Å². The number of rotatable bonds is 4. The largest absolute Gasteiger partial charge is 0.450 e. The zero-order chi connectivity index (χ0) is 21.0. The molecule has 2 aliphatic heterocycles. The molecule has 2 aliphatic rings. The molecule has 1 aromatic rings. The first-order valence-corrected chi connectivity index (χ1v) is 11.5. The summed E-state index contributed by atoms with van der Waals surface area (Å²) in [5, 5.41) is 0. The van der Waals surface area contributed by atoms with Crippen LogP contribution in [-0.2, 0) is 19.6 Å². The van der Waals surface area contributed by atoms with Gasteiger partial charge in [0.1, 0.15) is 0 Å². The number of carbonyl (C=O) groups excluding carboxylic acids is 2. The summed E-state index contributed by atoms with van der Waals surface area (Å²) in [6, 6.07) is 6.79. The molecule has 0 spiro atoms.